The average Bonchev–Trinajstić information content (AvgIpc) is 3.88. The summed E-state index contributed by atoms with van der Waals surface area (Å²) in [5, 5.41) is 8.98. The maximum Gasteiger partial charge on any atom is 0.306 e. The molecule has 5 aromatic rings. The number of likely N-dealkylation sites (tertiary alicyclic amines) is 1. The van der Waals surface area contributed by atoms with Gasteiger partial charge in [-0.25, -0.2) is 8.78 Å². The highest BCUT2D eigenvalue weighted by Gasteiger charge is 2.38. The number of amides is 2. The van der Waals surface area contributed by atoms with Crippen molar-refractivity contribution in [2.45, 2.75) is 117 Å². The van der Waals surface area contributed by atoms with Crippen molar-refractivity contribution in [3.63, 3.8) is 0 Å². The molecule has 66 heavy (non-hydrogen) atoms. The smallest absolute Gasteiger partial charge is 0.306 e. The number of halogens is 2. The molecule has 13 heteroatoms. The summed E-state index contributed by atoms with van der Waals surface area (Å²) in [6, 6.07) is 30.8. The number of ether oxygens (including phenoxy) is 4. The van der Waals surface area contributed by atoms with Crippen molar-refractivity contribution in [2.75, 3.05) is 0 Å². The number of carbonyl (C=O) groups is 3. The number of imide groups is 1. The summed E-state index contributed by atoms with van der Waals surface area (Å²) in [5.41, 5.74) is 5.46. The van der Waals surface area contributed by atoms with E-state index in [9.17, 15) is 23.2 Å². The topological polar surface area (TPSA) is 112 Å². The predicted octanol–water partition coefficient (Wildman–Crippen LogP) is 10.7. The summed E-state index contributed by atoms with van der Waals surface area (Å²) in [7, 11) is 0. The number of carboxylic acids is 1. The number of aliphatic carboxylic acids is 1. The van der Waals surface area contributed by atoms with Gasteiger partial charge in [-0.3, -0.25) is 19.3 Å². The van der Waals surface area contributed by atoms with E-state index < -0.39 is 11.9 Å². The largest absolute Gasteiger partial charge is 0.489 e. The minimum absolute atomic E-state index is 0. The molecule has 0 bridgehead atoms. The first kappa shape index (κ1) is 51.5. The molecule has 1 fully saturated rings. The van der Waals surface area contributed by atoms with E-state index in [1.807, 2.05) is 101 Å². The van der Waals surface area contributed by atoms with Crippen molar-refractivity contribution in [2.24, 2.45) is 11.8 Å². The Labute approximate surface area is 400 Å². The molecule has 3 aliphatic heterocycles. The average molecular weight is 942 g/mol. The van der Waals surface area contributed by atoms with E-state index in [0.29, 0.717) is 79.1 Å². The Kier molecular flexibility index (Phi) is 17.0. The van der Waals surface area contributed by atoms with Gasteiger partial charge in [0, 0.05) is 53.5 Å². The maximum absolute atomic E-state index is 14.1. The van der Waals surface area contributed by atoms with Gasteiger partial charge in [-0.2, -0.15) is 27.0 Å². The summed E-state index contributed by atoms with van der Waals surface area (Å²) >= 11 is 0. The molecule has 2 amide bonds. The van der Waals surface area contributed by atoms with Gasteiger partial charge in [0.1, 0.15) is 59.0 Å². The zero-order chi connectivity index (χ0) is 45.8. The molecule has 1 N–H and O–H groups in total. The van der Waals surface area contributed by atoms with Crippen LogP contribution >= 0.6 is 27.0 Å². The number of fused-ring (bicyclic) bond motifs is 2. The fourth-order valence-corrected chi connectivity index (χ4v) is 8.72. The van der Waals surface area contributed by atoms with E-state index in [4.69, 9.17) is 24.1 Å². The molecule has 3 aliphatic rings. The van der Waals surface area contributed by atoms with Crippen molar-refractivity contribution in [3.8, 4) is 23.0 Å². The van der Waals surface area contributed by atoms with Gasteiger partial charge in [0.25, 0.3) is 0 Å². The fraction of sp³-hybridized carbons (Fsp3) is 0.377. The molecule has 0 aromatic heterocycles. The lowest BCUT2D eigenvalue weighted by molar-refractivity contribution is -0.146. The Morgan fingerprint density at radius 3 is 1.61 bits per heavy atom. The van der Waals surface area contributed by atoms with Crippen molar-refractivity contribution in [3.05, 3.63) is 154 Å². The van der Waals surface area contributed by atoms with E-state index in [1.54, 1.807) is 19.1 Å². The zero-order valence-corrected chi connectivity index (χ0v) is 40.4. The van der Waals surface area contributed by atoms with Crippen LogP contribution < -0.4 is 18.9 Å². The number of rotatable bonds is 14. The van der Waals surface area contributed by atoms with Crippen LogP contribution in [-0.4, -0.2) is 45.0 Å². The lowest BCUT2D eigenvalue weighted by Crippen LogP contribution is -2.43. The quantitative estimate of drug-likeness (QED) is 0.117. The van der Waals surface area contributed by atoms with Crippen LogP contribution in [0.2, 0.25) is 0 Å². The second-order valence-corrected chi connectivity index (χ2v) is 18.6. The van der Waals surface area contributed by atoms with Crippen molar-refractivity contribution in [1.82, 2.24) is 4.90 Å². The van der Waals surface area contributed by atoms with E-state index >= 15 is 0 Å². The molecular weight excluding hydrogens is 881 g/mol. The number of hydrogen-bond acceptors (Lipinski definition) is 7. The van der Waals surface area contributed by atoms with Gasteiger partial charge in [0.15, 0.2) is 0 Å². The predicted molar refractivity (Wildman–Crippen MR) is 260 cm³/mol. The van der Waals surface area contributed by atoms with Crippen LogP contribution in [0.3, 0.4) is 0 Å². The second-order valence-electron chi connectivity index (χ2n) is 18.6. The van der Waals surface area contributed by atoms with Crippen LogP contribution in [0.4, 0.5) is 8.78 Å². The lowest BCUT2D eigenvalue weighted by Gasteiger charge is -2.26. The van der Waals surface area contributed by atoms with Crippen LogP contribution in [0.15, 0.2) is 103 Å². The zero-order valence-electron chi connectivity index (χ0n) is 38.4. The molecule has 1 saturated heterocycles. The van der Waals surface area contributed by atoms with Gasteiger partial charge in [-0.1, -0.05) is 68.4 Å². The molecule has 5 aromatic carbocycles. The highest BCUT2D eigenvalue weighted by Crippen LogP contribution is 2.40. The van der Waals surface area contributed by atoms with Crippen LogP contribution in [0.25, 0.3) is 0 Å². The van der Waals surface area contributed by atoms with Crippen LogP contribution in [0.5, 0.6) is 23.0 Å². The first-order valence-corrected chi connectivity index (χ1v) is 22.0. The number of carbonyl (C=O) groups excluding carboxylic acids is 2. The van der Waals surface area contributed by atoms with Gasteiger partial charge in [-0.05, 0) is 119 Å². The molecule has 3 heterocycles. The summed E-state index contributed by atoms with van der Waals surface area (Å²) in [4.78, 5) is 38.3. The normalized spacial score (nSPS) is 17.0. The standard InChI is InChI=1S/C32H34FNO4.C21H23FO4.2H2S/c1-21(31(36)34-27(11-14-29(34)35)16-22-7-5-4-6-8-22)15-23-9-12-28(13-10-23)37-20-25-18-26(33)17-24-19-32(2,3)38-30(24)25;1-13(20(23)24)8-14-4-6-18(7-5-14)25-12-16-10-17(22)9-15-11-21(2,3)26-19(15)16;;/h4-10,12-13,17-18,21,27H,11,14-16,19-20H2,1-3H3;4-7,9-10,13H,8,11-12H2,1-3H3,(H,23,24);2*1H2/t21-,27+;13-;;/m00../s1. The molecule has 9 nitrogen and oxygen atoms in total. The Bertz CT molecular complexity index is 2480. The first-order valence-electron chi connectivity index (χ1n) is 22.0. The van der Waals surface area contributed by atoms with Gasteiger partial charge >= 0.3 is 5.97 Å². The minimum atomic E-state index is -0.812. The molecule has 8 rings (SSSR count). The molecule has 352 valence electrons. The molecule has 0 unspecified atom stereocenters. The monoisotopic (exact) mass is 941 g/mol. The highest BCUT2D eigenvalue weighted by atomic mass is 32.1. The highest BCUT2D eigenvalue weighted by molar-refractivity contribution is 7.59. The van der Waals surface area contributed by atoms with Gasteiger partial charge in [0.2, 0.25) is 11.8 Å². The Balaban J connectivity index is 0.000000257. The second kappa shape index (κ2) is 21.8. The summed E-state index contributed by atoms with van der Waals surface area (Å²) < 4.78 is 51.7. The first-order chi connectivity index (χ1) is 30.4. The van der Waals surface area contributed by atoms with Crippen molar-refractivity contribution < 1.29 is 47.2 Å². The Morgan fingerprint density at radius 2 is 1.15 bits per heavy atom. The Hall–Kier alpha value is -5.53. The molecule has 0 saturated carbocycles. The SMILES string of the molecule is C[C@@H](Cc1ccc(OCc2cc(F)cc3c2OC(C)(C)C3)cc1)C(=O)N1C(=O)CC[C@@H]1Cc1ccccc1.C[C@@H](Cc1ccc(OCc2cc(F)cc3c2OC(C)(C)C3)cc1)C(=O)O.S.S. The van der Waals surface area contributed by atoms with Gasteiger partial charge in [-0.15, -0.1) is 0 Å². The van der Waals surface area contributed by atoms with E-state index in [0.717, 1.165) is 27.8 Å². The third kappa shape index (κ3) is 13.1. The third-order valence-electron chi connectivity index (χ3n) is 11.8. The van der Waals surface area contributed by atoms with Crippen molar-refractivity contribution >= 4 is 44.8 Å². The van der Waals surface area contributed by atoms with Gasteiger partial charge < -0.3 is 24.1 Å². The number of carboxylic acid groups (broad SMARTS) is 1. The molecule has 0 spiro atoms. The maximum atomic E-state index is 14.1. The summed E-state index contributed by atoms with van der Waals surface area (Å²) in [6.07, 6.45) is 4.14. The molecular formula is C53H61F2NO8S2. The van der Waals surface area contributed by atoms with Crippen molar-refractivity contribution in [1.29, 1.82) is 0 Å². The number of hydrogen-bond donors (Lipinski definition) is 1. The molecule has 0 aliphatic carbocycles. The third-order valence-corrected chi connectivity index (χ3v) is 11.8. The minimum Gasteiger partial charge on any atom is -0.489 e. The number of benzene rings is 5. The Morgan fingerprint density at radius 1 is 0.697 bits per heavy atom. The summed E-state index contributed by atoms with van der Waals surface area (Å²) in [6.45, 7) is 11.9. The fourth-order valence-electron chi connectivity index (χ4n) is 8.72. The summed E-state index contributed by atoms with van der Waals surface area (Å²) in [5.74, 6) is 0.377. The lowest BCUT2D eigenvalue weighted by atomic mass is 9.98. The van der Waals surface area contributed by atoms with Crippen LogP contribution in [-0.2, 0) is 59.7 Å². The molecule has 3 atom stereocenters. The molecule has 0 radical (unpaired) electrons. The van der Waals surface area contributed by atoms with E-state index in [1.165, 1.54) is 29.2 Å². The van der Waals surface area contributed by atoms with E-state index in [-0.39, 0.29) is 86.8 Å². The number of nitrogens with zero attached hydrogens (tertiary/aromatic N) is 1. The van der Waals surface area contributed by atoms with E-state index in [2.05, 4.69) is 0 Å². The van der Waals surface area contributed by atoms with Crippen LogP contribution in [0, 0.1) is 23.5 Å². The van der Waals surface area contributed by atoms with Crippen LogP contribution in [0.1, 0.15) is 93.3 Å². The van der Waals surface area contributed by atoms with Gasteiger partial charge in [0.05, 0.1) is 5.92 Å².